The first-order chi connectivity index (χ1) is 9.66. The summed E-state index contributed by atoms with van der Waals surface area (Å²) in [7, 11) is 0. The van der Waals surface area contributed by atoms with Crippen LogP contribution in [0.5, 0.6) is 0 Å². The predicted octanol–water partition coefficient (Wildman–Crippen LogP) is 3.21. The maximum Gasteiger partial charge on any atom is 0.326 e. The van der Waals surface area contributed by atoms with Crippen LogP contribution in [0.1, 0.15) is 57.0 Å². The third-order valence-corrected chi connectivity index (χ3v) is 3.78. The van der Waals surface area contributed by atoms with Crippen LogP contribution < -0.4 is 5.32 Å². The number of carboxylic acids is 1. The maximum absolute atomic E-state index is 12.2. The van der Waals surface area contributed by atoms with Crippen LogP contribution in [0.15, 0.2) is 24.3 Å². The van der Waals surface area contributed by atoms with Gasteiger partial charge in [0.05, 0.1) is 0 Å². The molecule has 0 aromatic heterocycles. The third-order valence-electron chi connectivity index (χ3n) is 3.78. The summed E-state index contributed by atoms with van der Waals surface area (Å²) < 4.78 is 0. The van der Waals surface area contributed by atoms with E-state index in [0.29, 0.717) is 12.0 Å². The van der Waals surface area contributed by atoms with E-state index in [1.807, 2.05) is 26.0 Å². The molecular weight excluding hydrogens is 266 g/mol. The molecule has 1 aromatic rings. The van der Waals surface area contributed by atoms with Crippen LogP contribution in [-0.4, -0.2) is 23.0 Å². The summed E-state index contributed by atoms with van der Waals surface area (Å²) in [5.74, 6) is -1.45. The summed E-state index contributed by atoms with van der Waals surface area (Å²) in [5.41, 5.74) is 1.64. The molecule has 0 aliphatic carbocycles. The van der Waals surface area contributed by atoms with E-state index in [9.17, 15) is 14.7 Å². The molecule has 21 heavy (non-hydrogen) atoms. The highest BCUT2D eigenvalue weighted by molar-refractivity contribution is 5.96. The van der Waals surface area contributed by atoms with E-state index >= 15 is 0 Å². The van der Waals surface area contributed by atoms with Crippen molar-refractivity contribution in [3.05, 3.63) is 35.4 Å². The Morgan fingerprint density at radius 2 is 1.71 bits per heavy atom. The number of carbonyl (C=O) groups is 2. The minimum atomic E-state index is -0.996. The highest BCUT2D eigenvalue weighted by Gasteiger charge is 2.25. The lowest BCUT2D eigenvalue weighted by atomic mass is 9.86. The van der Waals surface area contributed by atoms with Gasteiger partial charge < -0.3 is 10.4 Å². The number of carboxylic acid groups (broad SMARTS) is 1. The zero-order chi connectivity index (χ0) is 16.2. The van der Waals surface area contributed by atoms with E-state index in [2.05, 4.69) is 26.1 Å². The molecule has 0 saturated heterocycles. The molecule has 1 rings (SSSR count). The van der Waals surface area contributed by atoms with Gasteiger partial charge in [0.1, 0.15) is 6.04 Å². The van der Waals surface area contributed by atoms with Crippen LogP contribution in [0.25, 0.3) is 0 Å². The zero-order valence-electron chi connectivity index (χ0n) is 13.4. The number of carbonyl (C=O) groups excluding carboxylic acids is 1. The molecule has 0 fully saturated rings. The Bertz CT molecular complexity index is 500. The molecule has 0 radical (unpaired) electrons. The number of amides is 1. The molecule has 0 unspecified atom stereocenters. The Morgan fingerprint density at radius 3 is 2.10 bits per heavy atom. The summed E-state index contributed by atoms with van der Waals surface area (Å²) in [4.78, 5) is 23.4. The van der Waals surface area contributed by atoms with Crippen molar-refractivity contribution >= 4 is 11.9 Å². The second-order valence-corrected chi connectivity index (χ2v) is 6.50. The van der Waals surface area contributed by atoms with Gasteiger partial charge in [-0.15, -0.1) is 0 Å². The fourth-order valence-electron chi connectivity index (χ4n) is 2.03. The molecule has 1 aromatic carbocycles. The van der Waals surface area contributed by atoms with E-state index < -0.39 is 12.0 Å². The average molecular weight is 291 g/mol. The van der Waals surface area contributed by atoms with Crippen molar-refractivity contribution in [2.24, 2.45) is 5.92 Å². The summed E-state index contributed by atoms with van der Waals surface area (Å²) in [6, 6.07) is 6.45. The minimum absolute atomic E-state index is 0.0231. The van der Waals surface area contributed by atoms with Crippen molar-refractivity contribution in [3.8, 4) is 0 Å². The normalized spacial score (nSPS) is 14.3. The summed E-state index contributed by atoms with van der Waals surface area (Å²) in [6.07, 6.45) is 0.695. The molecule has 116 valence electrons. The van der Waals surface area contributed by atoms with Crippen LogP contribution in [-0.2, 0) is 10.2 Å². The Kier molecular flexibility index (Phi) is 5.53. The maximum atomic E-state index is 12.2. The van der Waals surface area contributed by atoms with E-state index in [4.69, 9.17) is 0 Å². The van der Waals surface area contributed by atoms with Gasteiger partial charge in [0.2, 0.25) is 0 Å². The van der Waals surface area contributed by atoms with E-state index in [0.717, 1.165) is 5.56 Å². The van der Waals surface area contributed by atoms with E-state index in [1.165, 1.54) is 0 Å². The second kappa shape index (κ2) is 6.74. The number of hydrogen-bond acceptors (Lipinski definition) is 2. The average Bonchev–Trinajstić information content (AvgIpc) is 2.42. The molecule has 0 spiro atoms. The standard InChI is InChI=1S/C17H25NO3/c1-6-11(2)14(16(20)21)18-15(19)12-7-9-13(10-8-12)17(3,4)5/h7-11,14H,6H2,1-5H3,(H,18,19)(H,20,21)/t11-,14+/m1/s1. The molecular formula is C17H25NO3. The molecule has 0 aliphatic heterocycles. The van der Waals surface area contributed by atoms with Crippen LogP contribution in [0, 0.1) is 5.92 Å². The topological polar surface area (TPSA) is 66.4 Å². The number of benzene rings is 1. The molecule has 4 nitrogen and oxygen atoms in total. The fraction of sp³-hybridized carbons (Fsp3) is 0.529. The second-order valence-electron chi connectivity index (χ2n) is 6.50. The SMILES string of the molecule is CC[C@@H](C)[C@H](NC(=O)c1ccc(C(C)(C)C)cc1)C(=O)O. The van der Waals surface area contributed by atoms with Gasteiger partial charge in [-0.3, -0.25) is 4.79 Å². The predicted molar refractivity (Wildman–Crippen MR) is 83.5 cm³/mol. The number of aliphatic carboxylic acids is 1. The molecule has 0 saturated carbocycles. The Labute approximate surface area is 126 Å². The van der Waals surface area contributed by atoms with Crippen molar-refractivity contribution in [2.75, 3.05) is 0 Å². The van der Waals surface area contributed by atoms with Crippen LogP contribution in [0.4, 0.5) is 0 Å². The first-order valence-electron chi connectivity index (χ1n) is 7.31. The smallest absolute Gasteiger partial charge is 0.326 e. The van der Waals surface area contributed by atoms with Gasteiger partial charge in [-0.2, -0.15) is 0 Å². The van der Waals surface area contributed by atoms with Gasteiger partial charge >= 0.3 is 5.97 Å². The lowest BCUT2D eigenvalue weighted by molar-refractivity contribution is -0.140. The van der Waals surface area contributed by atoms with Crippen LogP contribution in [0.2, 0.25) is 0 Å². The van der Waals surface area contributed by atoms with Crippen molar-refractivity contribution in [2.45, 2.75) is 52.5 Å². The van der Waals surface area contributed by atoms with E-state index in [-0.39, 0.29) is 17.2 Å². The van der Waals surface area contributed by atoms with Gasteiger partial charge in [-0.25, -0.2) is 4.79 Å². The Balaban J connectivity index is 2.86. The zero-order valence-corrected chi connectivity index (χ0v) is 13.4. The van der Waals surface area contributed by atoms with Crippen molar-refractivity contribution in [1.82, 2.24) is 5.32 Å². The molecule has 2 atom stereocenters. The van der Waals surface area contributed by atoms with Crippen LogP contribution in [0.3, 0.4) is 0 Å². The summed E-state index contributed by atoms with van der Waals surface area (Å²) in [6.45, 7) is 10.0. The molecule has 2 N–H and O–H groups in total. The quantitative estimate of drug-likeness (QED) is 0.875. The molecule has 4 heteroatoms. The largest absolute Gasteiger partial charge is 0.480 e. The van der Waals surface area contributed by atoms with Crippen LogP contribution >= 0.6 is 0 Å². The number of hydrogen-bond donors (Lipinski definition) is 2. The molecule has 0 aliphatic rings. The van der Waals surface area contributed by atoms with Gasteiger partial charge in [0.25, 0.3) is 5.91 Å². The molecule has 1 amide bonds. The first-order valence-corrected chi connectivity index (χ1v) is 7.31. The first kappa shape index (κ1) is 17.2. The molecule has 0 bridgehead atoms. The monoisotopic (exact) mass is 291 g/mol. The van der Waals surface area contributed by atoms with Gasteiger partial charge in [0.15, 0.2) is 0 Å². The molecule has 0 heterocycles. The highest BCUT2D eigenvalue weighted by Crippen LogP contribution is 2.22. The Morgan fingerprint density at radius 1 is 1.19 bits per heavy atom. The van der Waals surface area contributed by atoms with Crippen molar-refractivity contribution in [1.29, 1.82) is 0 Å². The number of nitrogens with one attached hydrogen (secondary N) is 1. The fourth-order valence-corrected chi connectivity index (χ4v) is 2.03. The van der Waals surface area contributed by atoms with E-state index in [1.54, 1.807) is 12.1 Å². The third kappa shape index (κ3) is 4.59. The lowest BCUT2D eigenvalue weighted by Crippen LogP contribution is -2.45. The van der Waals surface area contributed by atoms with Crippen molar-refractivity contribution < 1.29 is 14.7 Å². The summed E-state index contributed by atoms with van der Waals surface area (Å²) >= 11 is 0. The Hall–Kier alpha value is -1.84. The lowest BCUT2D eigenvalue weighted by Gasteiger charge is -2.21. The van der Waals surface area contributed by atoms with Crippen molar-refractivity contribution in [3.63, 3.8) is 0 Å². The van der Waals surface area contributed by atoms with Gasteiger partial charge in [-0.05, 0) is 29.0 Å². The van der Waals surface area contributed by atoms with Gasteiger partial charge in [-0.1, -0.05) is 53.2 Å². The number of rotatable bonds is 5. The summed E-state index contributed by atoms with van der Waals surface area (Å²) in [5, 5.41) is 11.8. The highest BCUT2D eigenvalue weighted by atomic mass is 16.4. The van der Waals surface area contributed by atoms with Gasteiger partial charge in [0, 0.05) is 5.56 Å². The minimum Gasteiger partial charge on any atom is -0.480 e.